The van der Waals surface area contributed by atoms with E-state index in [9.17, 15) is 37.2 Å². The molecular weight excluding hydrogens is 650 g/mol. The van der Waals surface area contributed by atoms with Crippen LogP contribution >= 0.6 is 0 Å². The van der Waals surface area contributed by atoms with Gasteiger partial charge in [-0.1, -0.05) is 26.3 Å². The second-order valence-corrected chi connectivity index (χ2v) is 11.6. The zero-order valence-electron chi connectivity index (χ0n) is 26.2. The molecule has 18 nitrogen and oxygen atoms in total. The number of hydrogen-bond acceptors (Lipinski definition) is 15. The third kappa shape index (κ3) is 20.8. The van der Waals surface area contributed by atoms with Gasteiger partial charge in [-0.15, -0.1) is 0 Å². The number of nitrogens with zero attached hydrogens (tertiary/aromatic N) is 1. The third-order valence-electron chi connectivity index (χ3n) is 5.55. The van der Waals surface area contributed by atoms with Gasteiger partial charge in [-0.25, -0.2) is 28.8 Å². The van der Waals surface area contributed by atoms with Crippen molar-refractivity contribution >= 4 is 46.2 Å². The second kappa shape index (κ2) is 21.1. The van der Waals surface area contributed by atoms with Crippen LogP contribution in [0.1, 0.15) is 13.8 Å². The number of esters is 4. The summed E-state index contributed by atoms with van der Waals surface area (Å²) in [6, 6.07) is 0. The lowest BCUT2D eigenvalue weighted by Crippen LogP contribution is -2.54. The summed E-state index contributed by atoms with van der Waals surface area (Å²) in [4.78, 5) is 72.3. The van der Waals surface area contributed by atoms with Crippen LogP contribution in [0, 0.1) is 0 Å². The van der Waals surface area contributed by atoms with Gasteiger partial charge in [0.2, 0.25) is 0 Å². The Morgan fingerprint density at radius 3 is 1.17 bits per heavy atom. The molecule has 47 heavy (non-hydrogen) atoms. The van der Waals surface area contributed by atoms with E-state index in [1.54, 1.807) is 0 Å². The highest BCUT2D eigenvalue weighted by molar-refractivity contribution is 7.85. The number of ether oxygens (including phenoxy) is 6. The zero-order valence-corrected chi connectivity index (χ0v) is 27.0. The number of rotatable bonds is 23. The zero-order chi connectivity index (χ0) is 36.1. The molecule has 0 radical (unpaired) electrons. The molecule has 0 saturated heterocycles. The van der Waals surface area contributed by atoms with Gasteiger partial charge < -0.3 is 39.1 Å². The smallest absolute Gasteiger partial charge is 0.407 e. The molecule has 0 aromatic rings. The third-order valence-corrected chi connectivity index (χ3v) is 6.25. The van der Waals surface area contributed by atoms with Crippen LogP contribution in [0.4, 0.5) is 9.59 Å². The molecule has 0 spiro atoms. The number of nitrogens with one attached hydrogen (secondary N) is 2. The highest BCUT2D eigenvalue weighted by atomic mass is 32.2. The summed E-state index contributed by atoms with van der Waals surface area (Å²) in [6.07, 6.45) is 1.53. The van der Waals surface area contributed by atoms with Crippen molar-refractivity contribution in [2.45, 2.75) is 24.9 Å². The van der Waals surface area contributed by atoms with E-state index >= 15 is 0 Å². The van der Waals surface area contributed by atoms with Gasteiger partial charge in [0.25, 0.3) is 10.1 Å². The van der Waals surface area contributed by atoms with Crippen LogP contribution in [0.5, 0.6) is 0 Å². The van der Waals surface area contributed by atoms with Gasteiger partial charge in [0.1, 0.15) is 50.7 Å². The average Bonchev–Trinajstić information content (AvgIpc) is 3.01. The monoisotopic (exact) mass is 691 g/mol. The highest BCUT2D eigenvalue weighted by Crippen LogP contribution is 2.09. The van der Waals surface area contributed by atoms with E-state index in [1.807, 2.05) is 0 Å². The van der Waals surface area contributed by atoms with Gasteiger partial charge in [-0.05, 0) is 13.8 Å². The van der Waals surface area contributed by atoms with Gasteiger partial charge in [0.15, 0.2) is 0 Å². The SMILES string of the molecule is C=CC(=O)OCC(C)(COC(=O)C=C)NC(=O)OCCN(CCOC(=O)NC(C)(COC(=O)C=C)COC(=O)C=C)CCS(=O)(=O)O. The molecule has 0 aliphatic rings. The summed E-state index contributed by atoms with van der Waals surface area (Å²) in [5.74, 6) is -3.91. The Morgan fingerprint density at radius 1 is 0.617 bits per heavy atom. The molecule has 0 unspecified atom stereocenters. The Balaban J connectivity index is 5.28. The normalized spacial score (nSPS) is 11.2. The average molecular weight is 692 g/mol. The Hall–Kier alpha value is -4.75. The quantitative estimate of drug-likeness (QED) is 0.0556. The van der Waals surface area contributed by atoms with Crippen LogP contribution in [-0.2, 0) is 57.7 Å². The second-order valence-electron chi connectivity index (χ2n) is 10.0. The summed E-state index contributed by atoms with van der Waals surface area (Å²) < 4.78 is 61.8. The summed E-state index contributed by atoms with van der Waals surface area (Å²) >= 11 is 0. The van der Waals surface area contributed by atoms with Crippen molar-refractivity contribution in [3.05, 3.63) is 50.6 Å². The van der Waals surface area contributed by atoms with Crippen molar-refractivity contribution in [3.63, 3.8) is 0 Å². The van der Waals surface area contributed by atoms with Crippen LogP contribution in [0.15, 0.2) is 50.6 Å². The van der Waals surface area contributed by atoms with Crippen molar-refractivity contribution < 1.29 is 70.2 Å². The number of carbonyl (C=O) groups is 6. The Labute approximate surface area is 272 Å². The van der Waals surface area contributed by atoms with Crippen LogP contribution in [0.2, 0.25) is 0 Å². The molecule has 0 aromatic carbocycles. The van der Waals surface area contributed by atoms with Gasteiger partial charge in [0.05, 0.1) is 5.75 Å². The lowest BCUT2D eigenvalue weighted by Gasteiger charge is -2.29. The Morgan fingerprint density at radius 2 is 0.915 bits per heavy atom. The maximum Gasteiger partial charge on any atom is 0.407 e. The minimum absolute atomic E-state index is 0.103. The maximum absolute atomic E-state index is 12.5. The molecule has 0 aliphatic carbocycles. The molecule has 2 amide bonds. The minimum atomic E-state index is -4.39. The fourth-order valence-electron chi connectivity index (χ4n) is 3.06. The van der Waals surface area contributed by atoms with Gasteiger partial charge >= 0.3 is 36.1 Å². The molecule has 0 atom stereocenters. The molecule has 0 aliphatic heterocycles. The van der Waals surface area contributed by atoms with E-state index in [2.05, 4.69) is 36.9 Å². The first-order valence-electron chi connectivity index (χ1n) is 13.6. The van der Waals surface area contributed by atoms with Crippen LogP contribution in [-0.4, -0.2) is 130 Å². The first kappa shape index (κ1) is 42.2. The van der Waals surface area contributed by atoms with E-state index < -0.39 is 89.4 Å². The molecule has 3 N–H and O–H groups in total. The first-order valence-corrected chi connectivity index (χ1v) is 15.2. The highest BCUT2D eigenvalue weighted by Gasteiger charge is 2.32. The topological polar surface area (TPSA) is 239 Å². The Kier molecular flexibility index (Phi) is 19.0. The lowest BCUT2D eigenvalue weighted by atomic mass is 10.1. The van der Waals surface area contributed by atoms with E-state index in [0.717, 1.165) is 24.3 Å². The van der Waals surface area contributed by atoms with E-state index in [0.29, 0.717) is 0 Å². The molecule has 264 valence electrons. The van der Waals surface area contributed by atoms with Crippen LogP contribution in [0.25, 0.3) is 0 Å². The molecule has 0 heterocycles. The predicted octanol–water partition coefficient (Wildman–Crippen LogP) is 0.0628. The molecular formula is C28H41N3O15S. The number of hydrogen-bond donors (Lipinski definition) is 3. The molecule has 0 saturated carbocycles. The summed E-state index contributed by atoms with van der Waals surface area (Å²) in [5.41, 5.74) is -2.86. The van der Waals surface area contributed by atoms with Crippen molar-refractivity contribution in [1.29, 1.82) is 0 Å². The number of alkyl carbamates (subject to hydrolysis) is 2. The fraction of sp³-hybridized carbons (Fsp3) is 0.500. The predicted molar refractivity (Wildman–Crippen MR) is 163 cm³/mol. The number of amides is 2. The first-order chi connectivity index (χ1) is 21.9. The van der Waals surface area contributed by atoms with Gasteiger partial charge in [-0.3, -0.25) is 9.45 Å². The van der Waals surface area contributed by atoms with Gasteiger partial charge in [0, 0.05) is 43.9 Å². The molecule has 0 aromatic heterocycles. The van der Waals surface area contributed by atoms with Crippen molar-refractivity contribution in [2.75, 3.05) is 65.0 Å². The van der Waals surface area contributed by atoms with Crippen molar-refractivity contribution in [2.24, 2.45) is 0 Å². The lowest BCUT2D eigenvalue weighted by molar-refractivity contribution is -0.146. The fourth-order valence-corrected chi connectivity index (χ4v) is 3.55. The Bertz CT molecular complexity index is 1140. The molecule has 0 fully saturated rings. The molecule has 0 rings (SSSR count). The van der Waals surface area contributed by atoms with Crippen molar-refractivity contribution in [1.82, 2.24) is 15.5 Å². The van der Waals surface area contributed by atoms with Crippen LogP contribution < -0.4 is 10.6 Å². The molecule has 0 bridgehead atoms. The summed E-state index contributed by atoms with van der Waals surface area (Å²) in [6.45, 7) is 13.0. The number of carbonyl (C=O) groups excluding carboxylic acids is 6. The van der Waals surface area contributed by atoms with Crippen molar-refractivity contribution in [3.8, 4) is 0 Å². The van der Waals surface area contributed by atoms with Gasteiger partial charge in [-0.2, -0.15) is 8.42 Å². The maximum atomic E-state index is 12.5. The minimum Gasteiger partial charge on any atom is -0.460 e. The largest absolute Gasteiger partial charge is 0.460 e. The van der Waals surface area contributed by atoms with E-state index in [-0.39, 0.29) is 32.8 Å². The summed E-state index contributed by atoms with van der Waals surface area (Å²) in [7, 11) is -4.39. The van der Waals surface area contributed by atoms with Crippen LogP contribution in [0.3, 0.4) is 0 Å². The van der Waals surface area contributed by atoms with E-state index in [4.69, 9.17) is 33.0 Å². The standard InChI is InChI=1S/C28H41N3O15S/c1-7-21(32)43-17-27(5,18-44-22(33)8-2)29-25(36)41-14-11-31(13-16-47(38,39)40)12-15-42-26(37)30-28(6,19-45-23(34)9-3)20-46-24(35)10-4/h7-10H,1-4,11-20H2,5-6H3,(H,29,36)(H,30,37)(H,38,39,40). The van der Waals surface area contributed by atoms with E-state index in [1.165, 1.54) is 18.7 Å². The summed E-state index contributed by atoms with van der Waals surface area (Å²) in [5, 5.41) is 4.83. The molecule has 19 heteroatoms.